The molecule has 1 aromatic rings. The molecule has 5 nitrogen and oxygen atoms in total. The lowest BCUT2D eigenvalue weighted by atomic mass is 9.87. The minimum Gasteiger partial charge on any atom is -0.491 e. The Morgan fingerprint density at radius 2 is 1.88 bits per heavy atom. The molecule has 5 heteroatoms. The number of nitrogens with two attached hydrogens (primary N) is 1. The van der Waals surface area contributed by atoms with Crippen LogP contribution in [0.15, 0.2) is 24.3 Å². The van der Waals surface area contributed by atoms with Gasteiger partial charge in [-0.05, 0) is 48.8 Å². The predicted octanol–water partition coefficient (Wildman–Crippen LogP) is 2.62. The first-order valence-corrected chi connectivity index (χ1v) is 9.14. The Labute approximate surface area is 151 Å². The second kappa shape index (κ2) is 8.68. The molecule has 1 aliphatic rings. The maximum atomic E-state index is 12.3. The third-order valence-electron chi connectivity index (χ3n) is 4.69. The van der Waals surface area contributed by atoms with Gasteiger partial charge in [-0.3, -0.25) is 4.79 Å². The van der Waals surface area contributed by atoms with Crippen molar-refractivity contribution in [1.82, 2.24) is 5.32 Å². The summed E-state index contributed by atoms with van der Waals surface area (Å²) in [5.74, 6) is 0.903. The molecule has 1 fully saturated rings. The van der Waals surface area contributed by atoms with E-state index in [1.165, 1.54) is 5.56 Å². The number of carbonyl (C=O) groups excluding carboxylic acids is 1. The zero-order valence-electron chi connectivity index (χ0n) is 15.9. The van der Waals surface area contributed by atoms with Crippen molar-refractivity contribution in [2.45, 2.75) is 58.0 Å². The lowest BCUT2D eigenvalue weighted by Crippen LogP contribution is -2.50. The van der Waals surface area contributed by atoms with Gasteiger partial charge in [0, 0.05) is 13.2 Å². The number of carbonyl (C=O) groups is 1. The summed E-state index contributed by atoms with van der Waals surface area (Å²) in [7, 11) is 0. The predicted molar refractivity (Wildman–Crippen MR) is 99.8 cm³/mol. The highest BCUT2D eigenvalue weighted by Gasteiger charge is 2.27. The quantitative estimate of drug-likeness (QED) is 0.829. The van der Waals surface area contributed by atoms with E-state index in [1.54, 1.807) is 0 Å². The van der Waals surface area contributed by atoms with Crippen LogP contribution in [0.2, 0.25) is 0 Å². The molecule has 25 heavy (non-hydrogen) atoms. The third kappa shape index (κ3) is 6.01. The van der Waals surface area contributed by atoms with Crippen LogP contribution < -0.4 is 15.8 Å². The number of hydrogen-bond donors (Lipinski definition) is 2. The highest BCUT2D eigenvalue weighted by Crippen LogP contribution is 2.24. The zero-order valence-corrected chi connectivity index (χ0v) is 15.9. The van der Waals surface area contributed by atoms with E-state index in [0.717, 1.165) is 18.6 Å². The summed E-state index contributed by atoms with van der Waals surface area (Å²) in [4.78, 5) is 12.3. The Hall–Kier alpha value is -1.59. The molecule has 3 N–H and O–H groups in total. The Balaban J connectivity index is 1.77. The molecule has 0 saturated carbocycles. The second-order valence-corrected chi connectivity index (χ2v) is 7.97. The van der Waals surface area contributed by atoms with Gasteiger partial charge in [0.1, 0.15) is 12.4 Å². The third-order valence-corrected chi connectivity index (χ3v) is 4.69. The summed E-state index contributed by atoms with van der Waals surface area (Å²) in [5, 5.41) is 2.95. The molecule has 0 bridgehead atoms. The Bertz CT molecular complexity index is 545. The maximum Gasteiger partial charge on any atom is 0.237 e. The first kappa shape index (κ1) is 19.7. The molecule has 2 rings (SSSR count). The van der Waals surface area contributed by atoms with Crippen molar-refractivity contribution in [3.63, 3.8) is 0 Å². The number of benzene rings is 1. The molecular weight excluding hydrogens is 316 g/mol. The van der Waals surface area contributed by atoms with Crippen molar-refractivity contribution < 1.29 is 14.3 Å². The van der Waals surface area contributed by atoms with Crippen LogP contribution in [0.5, 0.6) is 5.75 Å². The first-order chi connectivity index (χ1) is 11.8. The van der Waals surface area contributed by atoms with Crippen LogP contribution >= 0.6 is 0 Å². The van der Waals surface area contributed by atoms with E-state index in [2.05, 4.69) is 38.2 Å². The van der Waals surface area contributed by atoms with Crippen molar-refractivity contribution in [2.24, 2.45) is 11.7 Å². The Kier molecular flexibility index (Phi) is 6.85. The monoisotopic (exact) mass is 348 g/mol. The van der Waals surface area contributed by atoms with Crippen LogP contribution in [0.25, 0.3) is 0 Å². The second-order valence-electron chi connectivity index (χ2n) is 7.97. The largest absolute Gasteiger partial charge is 0.491 e. The molecule has 1 saturated heterocycles. The Morgan fingerprint density at radius 1 is 1.28 bits per heavy atom. The van der Waals surface area contributed by atoms with Gasteiger partial charge < -0.3 is 20.5 Å². The van der Waals surface area contributed by atoms with Gasteiger partial charge in [-0.2, -0.15) is 0 Å². The van der Waals surface area contributed by atoms with E-state index >= 15 is 0 Å². The highest BCUT2D eigenvalue weighted by atomic mass is 16.5. The van der Waals surface area contributed by atoms with Crippen LogP contribution in [0, 0.1) is 5.92 Å². The van der Waals surface area contributed by atoms with Crippen molar-refractivity contribution in [1.29, 1.82) is 0 Å². The van der Waals surface area contributed by atoms with Gasteiger partial charge in [0.15, 0.2) is 0 Å². The average molecular weight is 348 g/mol. The number of nitrogens with one attached hydrogen (secondary N) is 1. The smallest absolute Gasteiger partial charge is 0.237 e. The molecule has 0 aliphatic carbocycles. The fourth-order valence-electron chi connectivity index (χ4n) is 2.94. The lowest BCUT2D eigenvalue weighted by Gasteiger charge is -2.27. The molecule has 2 atom stereocenters. The van der Waals surface area contributed by atoms with Gasteiger partial charge in [0.25, 0.3) is 0 Å². The molecule has 1 amide bonds. The van der Waals surface area contributed by atoms with Crippen molar-refractivity contribution in [3.8, 4) is 5.75 Å². The van der Waals surface area contributed by atoms with Crippen LogP contribution in [-0.4, -0.2) is 37.8 Å². The maximum absolute atomic E-state index is 12.3. The van der Waals surface area contributed by atoms with E-state index in [4.69, 9.17) is 15.2 Å². The van der Waals surface area contributed by atoms with Crippen LogP contribution in [0.3, 0.4) is 0 Å². The van der Waals surface area contributed by atoms with Gasteiger partial charge in [0.05, 0.1) is 12.1 Å². The topological polar surface area (TPSA) is 73.6 Å². The standard InChI is InChI=1S/C20H32N2O3/c1-14(22-19(23)18(21)15-9-11-24-12-10-15)13-25-17-7-5-16(6-8-17)20(2,3)4/h5-8,14-15,18H,9-13,21H2,1-4H3,(H,22,23). The molecule has 0 spiro atoms. The zero-order chi connectivity index (χ0) is 18.4. The van der Waals surface area contributed by atoms with E-state index in [-0.39, 0.29) is 23.3 Å². The fraction of sp³-hybridized carbons (Fsp3) is 0.650. The van der Waals surface area contributed by atoms with E-state index in [9.17, 15) is 4.79 Å². The SMILES string of the molecule is CC(COc1ccc(C(C)(C)C)cc1)NC(=O)C(N)C1CCOCC1. The summed E-state index contributed by atoms with van der Waals surface area (Å²) in [6, 6.07) is 7.54. The van der Waals surface area contributed by atoms with Gasteiger partial charge in [-0.15, -0.1) is 0 Å². The number of hydrogen-bond acceptors (Lipinski definition) is 4. The van der Waals surface area contributed by atoms with Gasteiger partial charge in [-0.25, -0.2) is 0 Å². The molecule has 1 heterocycles. The molecule has 0 radical (unpaired) electrons. The van der Waals surface area contributed by atoms with E-state index in [1.807, 2.05) is 19.1 Å². The lowest BCUT2D eigenvalue weighted by molar-refractivity contribution is -0.125. The fourth-order valence-corrected chi connectivity index (χ4v) is 2.94. The summed E-state index contributed by atoms with van der Waals surface area (Å²) >= 11 is 0. The minimum atomic E-state index is -0.475. The van der Waals surface area contributed by atoms with Gasteiger partial charge in [-0.1, -0.05) is 32.9 Å². The summed E-state index contributed by atoms with van der Waals surface area (Å²) in [6.07, 6.45) is 1.69. The molecule has 140 valence electrons. The first-order valence-electron chi connectivity index (χ1n) is 9.14. The molecule has 1 aliphatic heterocycles. The van der Waals surface area contributed by atoms with Crippen molar-refractivity contribution >= 4 is 5.91 Å². The molecule has 0 aromatic heterocycles. The average Bonchev–Trinajstić information content (AvgIpc) is 2.59. The molecule has 2 unspecified atom stereocenters. The van der Waals surface area contributed by atoms with Crippen LogP contribution in [0.1, 0.15) is 46.1 Å². The summed E-state index contributed by atoms with van der Waals surface area (Å²) in [6.45, 7) is 10.3. The normalized spacial score (nSPS) is 18.4. The summed E-state index contributed by atoms with van der Waals surface area (Å²) in [5.41, 5.74) is 7.49. The minimum absolute atomic E-state index is 0.0966. The molecule has 1 aromatic carbocycles. The van der Waals surface area contributed by atoms with Gasteiger partial charge >= 0.3 is 0 Å². The van der Waals surface area contributed by atoms with Gasteiger partial charge in [0.2, 0.25) is 5.91 Å². The number of ether oxygens (including phenoxy) is 2. The summed E-state index contributed by atoms with van der Waals surface area (Å²) < 4.78 is 11.1. The van der Waals surface area contributed by atoms with Crippen molar-refractivity contribution in [3.05, 3.63) is 29.8 Å². The highest BCUT2D eigenvalue weighted by molar-refractivity contribution is 5.82. The molecular formula is C20H32N2O3. The van der Waals surface area contributed by atoms with Crippen LogP contribution in [0.4, 0.5) is 0 Å². The van der Waals surface area contributed by atoms with E-state index in [0.29, 0.717) is 19.8 Å². The van der Waals surface area contributed by atoms with Crippen molar-refractivity contribution in [2.75, 3.05) is 19.8 Å². The Morgan fingerprint density at radius 3 is 2.44 bits per heavy atom. The number of amides is 1. The van der Waals surface area contributed by atoms with E-state index < -0.39 is 6.04 Å². The number of rotatable bonds is 6. The van der Waals surface area contributed by atoms with Crippen LogP contribution in [-0.2, 0) is 14.9 Å².